The monoisotopic (exact) mass is 1930 g/mol. The summed E-state index contributed by atoms with van der Waals surface area (Å²) < 4.78 is 84.1. The number of hydrogen-bond donors (Lipinski definition) is 10. The molecule has 4 aromatic carbocycles. The number of nitrogens with zero attached hydrogens (tertiary/aromatic N) is 5. The molecule has 43 nitrogen and oxygen atoms in total. The Morgan fingerprint density at radius 3 is 1.33 bits per heavy atom. The summed E-state index contributed by atoms with van der Waals surface area (Å²) in [5.41, 5.74) is 2.64. The molecule has 5 heterocycles. The largest absolute Gasteiger partial charge is 0.493 e. The molecular weight excluding hydrogens is 1810 g/mol. The lowest BCUT2D eigenvalue weighted by Crippen LogP contribution is -2.53. The van der Waals surface area contributed by atoms with Crippen molar-refractivity contribution in [3.8, 4) is 23.0 Å². The number of fused-ring (bicyclic) bond motifs is 4. The van der Waals surface area contributed by atoms with Gasteiger partial charge in [0.25, 0.3) is 23.6 Å². The fourth-order valence-electron chi connectivity index (χ4n) is 15.3. The van der Waals surface area contributed by atoms with E-state index in [-0.39, 0.29) is 181 Å². The van der Waals surface area contributed by atoms with E-state index < -0.39 is 126 Å². The molecular formula is C95H130N12O31. The standard InChI is InChI=1S/C95H130N12O31/c1-58(2)83(101-79(109)24-30-127-34-33-124-9)88(115)98-63(8)87(114)100-67-19-15-65(16-20-67)57-138-95(123)107-72-54-77(75(126-11)52-70(72)90(117)104-55-60(5)49-73(104)92(107)119)137-29-12-28-136-76-53-71-69(51-74(76)125-10)91(118)105-56-61(6)68(85(105)93(120)106(71)94(121)122)50-64-13-17-66(18-14-64)99-86(113)62(7)97-89(116)84(59(3)4)102-80(110)25-31-128-35-37-130-39-41-132-43-45-134-47-48-135-46-44-133-42-40-131-38-36-129-32-26-96-78(108)23-27-103-81(111)21-22-82(103)112/h13-22,51-54,58-59,62-63,68,73,83-85,92-93,119-120H,5-6,12,23-50,55-57H2,1-4,7-11H3,(H,96,108)(H,97,116)(H,98,115)(H,99,113)(H,100,114)(H,101,109)(H,102,110)(H,121,122)/t62-,63-,68?,73-,83-,84-,85-,92-,93-/m0/s1. The van der Waals surface area contributed by atoms with Crippen LogP contribution in [0.15, 0.2) is 109 Å². The smallest absolute Gasteiger partial charge is 0.416 e. The number of carboxylic acid groups (broad SMARTS) is 1. The van der Waals surface area contributed by atoms with Crippen LogP contribution in [-0.4, -0.2) is 342 Å². The Morgan fingerprint density at radius 2 is 0.891 bits per heavy atom. The minimum atomic E-state index is -1.83. The minimum Gasteiger partial charge on any atom is -0.493 e. The zero-order valence-electron chi connectivity index (χ0n) is 79.5. The van der Waals surface area contributed by atoms with Crippen molar-refractivity contribution < 1.29 is 149 Å². The number of carbonyl (C=O) groups is 13. The maximum absolute atomic E-state index is 14.7. The Balaban J connectivity index is 0.663. The van der Waals surface area contributed by atoms with Crippen LogP contribution in [-0.2, 0) is 108 Å². The van der Waals surface area contributed by atoms with Gasteiger partial charge in [0.1, 0.15) is 30.8 Å². The van der Waals surface area contributed by atoms with Gasteiger partial charge in [-0.2, -0.15) is 0 Å². The number of benzene rings is 4. The Morgan fingerprint density at radius 1 is 0.464 bits per heavy atom. The van der Waals surface area contributed by atoms with Gasteiger partial charge in [0, 0.05) is 101 Å². The summed E-state index contributed by atoms with van der Waals surface area (Å²) in [4.78, 5) is 177. The summed E-state index contributed by atoms with van der Waals surface area (Å²) in [5, 5.41) is 54.2. The molecule has 9 atom stereocenters. The predicted molar refractivity (Wildman–Crippen MR) is 497 cm³/mol. The van der Waals surface area contributed by atoms with E-state index in [4.69, 9.17) is 71.1 Å². The average Bonchev–Trinajstić information content (AvgIpc) is 1.61. The third-order valence-corrected chi connectivity index (χ3v) is 22.7. The number of imide groups is 1. The molecule has 10 N–H and O–H groups in total. The van der Waals surface area contributed by atoms with E-state index in [1.165, 1.54) is 81.4 Å². The van der Waals surface area contributed by atoms with Gasteiger partial charge in [0.05, 0.1) is 188 Å². The molecule has 0 aliphatic carbocycles. The number of rotatable bonds is 60. The third-order valence-electron chi connectivity index (χ3n) is 22.7. The predicted octanol–water partition coefficient (Wildman–Crippen LogP) is 4.03. The molecule has 5 aliphatic rings. The summed E-state index contributed by atoms with van der Waals surface area (Å²) in [6, 6.07) is 12.3. The van der Waals surface area contributed by atoms with Gasteiger partial charge in [-0.15, -0.1) is 0 Å². The Hall–Kier alpha value is -12.3. The van der Waals surface area contributed by atoms with Crippen molar-refractivity contribution in [3.05, 3.63) is 132 Å². The molecule has 43 heteroatoms. The maximum Gasteiger partial charge on any atom is 0.416 e. The van der Waals surface area contributed by atoms with Crippen LogP contribution in [0.25, 0.3) is 0 Å². The molecule has 9 rings (SSSR count). The van der Waals surface area contributed by atoms with Crippen molar-refractivity contribution in [2.75, 3.05) is 207 Å². The number of nitrogens with one attached hydrogen (secondary N) is 7. The van der Waals surface area contributed by atoms with E-state index in [0.717, 1.165) is 9.80 Å². The first-order valence-corrected chi connectivity index (χ1v) is 45.8. The van der Waals surface area contributed by atoms with Gasteiger partial charge in [-0.05, 0) is 86.1 Å². The van der Waals surface area contributed by atoms with E-state index >= 15 is 0 Å². The van der Waals surface area contributed by atoms with E-state index in [1.807, 2.05) is 0 Å². The first-order valence-electron chi connectivity index (χ1n) is 45.8. The molecule has 4 aromatic rings. The highest BCUT2D eigenvalue weighted by Crippen LogP contribution is 2.46. The molecule has 1 unspecified atom stereocenters. The van der Waals surface area contributed by atoms with Crippen molar-refractivity contribution in [2.45, 2.75) is 135 Å². The number of hydrogen-bond acceptors (Lipinski definition) is 30. The van der Waals surface area contributed by atoms with E-state index in [1.54, 1.807) is 76.2 Å². The van der Waals surface area contributed by atoms with Crippen molar-refractivity contribution in [2.24, 2.45) is 17.8 Å². The van der Waals surface area contributed by atoms with Gasteiger partial charge < -0.3 is 133 Å². The second kappa shape index (κ2) is 56.0. The molecule has 2 fully saturated rings. The Kier molecular flexibility index (Phi) is 44.3. The van der Waals surface area contributed by atoms with Gasteiger partial charge in [0.15, 0.2) is 35.5 Å². The Bertz CT molecular complexity index is 4830. The van der Waals surface area contributed by atoms with Crippen LogP contribution in [0.4, 0.5) is 32.3 Å². The number of methoxy groups -OCH3 is 3. The molecule has 0 spiro atoms. The van der Waals surface area contributed by atoms with Crippen LogP contribution in [0.3, 0.4) is 0 Å². The molecule has 0 radical (unpaired) electrons. The van der Waals surface area contributed by atoms with Crippen LogP contribution < -0.4 is 66.0 Å². The first-order chi connectivity index (χ1) is 66.3. The fraction of sp³-hybridized carbons (Fsp3) is 0.547. The van der Waals surface area contributed by atoms with Crippen LogP contribution >= 0.6 is 0 Å². The number of aliphatic hydroxyl groups is 2. The minimum absolute atomic E-state index is 0.00505. The van der Waals surface area contributed by atoms with E-state index in [0.29, 0.717) is 131 Å². The lowest BCUT2D eigenvalue weighted by molar-refractivity contribution is -0.137. The van der Waals surface area contributed by atoms with Gasteiger partial charge in [0.2, 0.25) is 41.4 Å². The topological polar surface area (TPSA) is 521 Å². The second-order valence-electron chi connectivity index (χ2n) is 33.5. The van der Waals surface area contributed by atoms with Crippen molar-refractivity contribution >= 4 is 99.9 Å². The number of amides is 13. The molecule has 0 saturated carbocycles. The second-order valence-corrected chi connectivity index (χ2v) is 33.5. The van der Waals surface area contributed by atoms with Crippen molar-refractivity contribution in [1.29, 1.82) is 0 Å². The van der Waals surface area contributed by atoms with E-state index in [2.05, 4.69) is 50.4 Å². The number of anilines is 4. The molecule has 756 valence electrons. The summed E-state index contributed by atoms with van der Waals surface area (Å²) in [6.07, 6.45) is -3.30. The molecule has 0 bridgehead atoms. The summed E-state index contributed by atoms with van der Waals surface area (Å²) in [5.74, 6) is -6.54. The molecule has 0 aromatic heterocycles. The fourth-order valence-corrected chi connectivity index (χ4v) is 15.3. The molecule has 138 heavy (non-hydrogen) atoms. The molecule has 13 amide bonds. The van der Waals surface area contributed by atoms with Crippen LogP contribution in [0.2, 0.25) is 0 Å². The maximum atomic E-state index is 14.7. The zero-order chi connectivity index (χ0) is 99.9. The van der Waals surface area contributed by atoms with Crippen molar-refractivity contribution in [1.82, 2.24) is 41.3 Å². The highest BCUT2D eigenvalue weighted by Gasteiger charge is 2.52. The first kappa shape index (κ1) is 109. The SMILES string of the molecule is C=C1C[C@H]2[C@H](O)N(C(=O)OCc3ccc(NC(=O)[C@H](C)NC(=O)[C@@H](NC(=O)CCOCCOC)C(C)C)cc3)c3cc(OCCCOc4cc5c(cc4OC)C(=O)N4CC(=C)C(Cc6ccc(NC(=O)[C@H](C)NC(=O)[C@@H](NC(=O)CCOCCOCCOCCOCCOCCOCCOCCOCCNC(=O)CCN7C(=O)C=CC7=O)C(C)C)cc6)[C@H]4[C@H](O)N5C(=O)O)c(OC)cc3C(=O)N2C1. The van der Waals surface area contributed by atoms with Gasteiger partial charge in [-0.3, -0.25) is 57.6 Å². The van der Waals surface area contributed by atoms with Gasteiger partial charge in [-0.1, -0.05) is 76.3 Å². The molecule has 5 aliphatic heterocycles. The van der Waals surface area contributed by atoms with Gasteiger partial charge in [-0.25, -0.2) is 19.4 Å². The van der Waals surface area contributed by atoms with Crippen molar-refractivity contribution in [3.63, 3.8) is 0 Å². The zero-order valence-corrected chi connectivity index (χ0v) is 79.5. The third kappa shape index (κ3) is 32.4. The van der Waals surface area contributed by atoms with E-state index in [9.17, 15) is 77.6 Å². The number of carbonyl (C=O) groups excluding carboxylic acids is 12. The van der Waals surface area contributed by atoms with Crippen LogP contribution in [0, 0.1) is 17.8 Å². The highest BCUT2D eigenvalue weighted by atomic mass is 16.6. The highest BCUT2D eigenvalue weighted by molar-refractivity contribution is 6.13. The summed E-state index contributed by atoms with van der Waals surface area (Å²) in [7, 11) is 4.22. The molecule has 2 saturated heterocycles. The summed E-state index contributed by atoms with van der Waals surface area (Å²) in [6.45, 7) is 24.1. The normalized spacial score (nSPS) is 17.5. The Labute approximate surface area is 800 Å². The number of aliphatic hydroxyl groups excluding tert-OH is 2. The number of ether oxygens (including phenoxy) is 15. The van der Waals surface area contributed by atoms with Crippen LogP contribution in [0.1, 0.15) is 105 Å². The summed E-state index contributed by atoms with van der Waals surface area (Å²) >= 11 is 0. The lowest BCUT2D eigenvalue weighted by Gasteiger charge is -2.33. The van der Waals surface area contributed by atoms with Crippen LogP contribution in [0.5, 0.6) is 23.0 Å². The lowest BCUT2D eigenvalue weighted by atomic mass is 9.88. The average molecular weight is 1940 g/mol. The van der Waals surface area contributed by atoms with Gasteiger partial charge >= 0.3 is 12.2 Å². The quantitative estimate of drug-likeness (QED) is 0.0169.